The van der Waals surface area contributed by atoms with Gasteiger partial charge in [0.25, 0.3) is 0 Å². The highest BCUT2D eigenvalue weighted by Gasteiger charge is 2.36. The van der Waals surface area contributed by atoms with Gasteiger partial charge in [-0.2, -0.15) is 0 Å². The maximum atomic E-state index is 11.7. The molecule has 0 radical (unpaired) electrons. The van der Waals surface area contributed by atoms with Crippen LogP contribution in [-0.4, -0.2) is 29.1 Å². The Morgan fingerprint density at radius 2 is 2.00 bits per heavy atom. The minimum atomic E-state index is -0.528. The fourth-order valence-corrected chi connectivity index (χ4v) is 2.67. The number of halogens is 2. The minimum absolute atomic E-state index is 0.137. The second-order valence-electron chi connectivity index (χ2n) is 4.41. The van der Waals surface area contributed by atoms with Crippen molar-refractivity contribution in [3.63, 3.8) is 0 Å². The maximum absolute atomic E-state index is 11.7. The van der Waals surface area contributed by atoms with Crippen molar-refractivity contribution in [3.8, 4) is 0 Å². The molecule has 0 aliphatic carbocycles. The zero-order chi connectivity index (χ0) is 13.6. The van der Waals surface area contributed by atoms with E-state index in [0.717, 1.165) is 5.56 Å². The van der Waals surface area contributed by atoms with Gasteiger partial charge in [-0.25, -0.2) is 4.99 Å². The second-order valence-corrected chi connectivity index (χ2v) is 5.22. The molecule has 7 heteroatoms. The van der Waals surface area contributed by atoms with Gasteiger partial charge in [0.2, 0.25) is 11.8 Å². The molecular weight excluding hydrogens is 289 g/mol. The zero-order valence-corrected chi connectivity index (χ0v) is 11.2. The summed E-state index contributed by atoms with van der Waals surface area (Å²) in [5.41, 5.74) is 1.39. The number of imide groups is 1. The van der Waals surface area contributed by atoms with Crippen molar-refractivity contribution in [2.75, 3.05) is 0 Å². The summed E-state index contributed by atoms with van der Waals surface area (Å²) in [5.74, 6) is -0.579. The van der Waals surface area contributed by atoms with Gasteiger partial charge in [-0.3, -0.25) is 14.9 Å². The van der Waals surface area contributed by atoms with Crippen LogP contribution in [0.2, 0.25) is 10.0 Å². The molecule has 0 aromatic heterocycles. The van der Waals surface area contributed by atoms with Gasteiger partial charge in [-0.1, -0.05) is 23.2 Å². The van der Waals surface area contributed by atoms with E-state index in [-0.39, 0.29) is 18.2 Å². The Kier molecular flexibility index (Phi) is 2.95. The maximum Gasteiger partial charge on any atom is 0.249 e. The molecule has 1 aromatic rings. The molecule has 1 aromatic carbocycles. The molecule has 2 heterocycles. The molecule has 1 fully saturated rings. The number of amides is 2. The summed E-state index contributed by atoms with van der Waals surface area (Å²) in [6.45, 7) is 0.406. The van der Waals surface area contributed by atoms with Crippen LogP contribution in [0.5, 0.6) is 0 Å². The van der Waals surface area contributed by atoms with Gasteiger partial charge in [0, 0.05) is 17.1 Å². The molecule has 2 aliphatic rings. The Labute approximate surface area is 119 Å². The van der Waals surface area contributed by atoms with Crippen LogP contribution in [0.15, 0.2) is 17.1 Å². The lowest BCUT2D eigenvalue weighted by atomic mass is 10.1. The summed E-state index contributed by atoms with van der Waals surface area (Å²) in [6, 6.07) is 2.85. The Bertz CT molecular complexity index is 615. The van der Waals surface area contributed by atoms with Crippen LogP contribution < -0.4 is 5.32 Å². The van der Waals surface area contributed by atoms with E-state index in [1.165, 1.54) is 6.34 Å². The number of carbonyl (C=O) groups is 2. The number of aliphatic imine (C=N–C) groups is 1. The van der Waals surface area contributed by atoms with Crippen molar-refractivity contribution in [1.29, 1.82) is 0 Å². The summed E-state index contributed by atoms with van der Waals surface area (Å²) in [4.78, 5) is 28.8. The van der Waals surface area contributed by atoms with E-state index in [0.29, 0.717) is 22.3 Å². The second kappa shape index (κ2) is 4.51. The minimum Gasteiger partial charge on any atom is -0.346 e. The molecule has 0 bridgehead atoms. The van der Waals surface area contributed by atoms with Crippen LogP contribution >= 0.6 is 23.2 Å². The highest BCUT2D eigenvalue weighted by Crippen LogP contribution is 2.37. The summed E-state index contributed by atoms with van der Waals surface area (Å²) in [6.07, 6.45) is 1.67. The zero-order valence-electron chi connectivity index (χ0n) is 9.69. The van der Waals surface area contributed by atoms with Crippen molar-refractivity contribution in [2.24, 2.45) is 4.99 Å². The first-order valence-corrected chi connectivity index (χ1v) is 6.42. The molecule has 0 spiro atoms. The molecule has 5 nitrogen and oxygen atoms in total. The van der Waals surface area contributed by atoms with E-state index in [4.69, 9.17) is 23.2 Å². The summed E-state index contributed by atoms with van der Waals surface area (Å²) in [7, 11) is 0. The fourth-order valence-electron chi connectivity index (χ4n) is 2.23. The molecule has 1 saturated heterocycles. The average Bonchev–Trinajstić information content (AvgIpc) is 2.73. The first kappa shape index (κ1) is 12.4. The SMILES string of the molecule is O=C1CC(N2C=Nc3c(Cl)ccc(Cl)c3C2)C(=O)N1. The predicted octanol–water partition coefficient (Wildman–Crippen LogP) is 1.88. The van der Waals surface area contributed by atoms with Crippen molar-refractivity contribution < 1.29 is 9.59 Å². The van der Waals surface area contributed by atoms with Crippen molar-refractivity contribution in [2.45, 2.75) is 19.0 Å². The van der Waals surface area contributed by atoms with Crippen LogP contribution in [-0.2, 0) is 16.1 Å². The van der Waals surface area contributed by atoms with Gasteiger partial charge < -0.3 is 4.90 Å². The summed E-state index contributed by atoms with van der Waals surface area (Å²) >= 11 is 12.2. The molecule has 1 unspecified atom stereocenters. The Morgan fingerprint density at radius 1 is 1.26 bits per heavy atom. The Morgan fingerprint density at radius 3 is 2.68 bits per heavy atom. The lowest BCUT2D eigenvalue weighted by molar-refractivity contribution is -0.125. The third-order valence-electron chi connectivity index (χ3n) is 3.20. The number of nitrogens with zero attached hydrogens (tertiary/aromatic N) is 2. The van der Waals surface area contributed by atoms with Crippen LogP contribution in [0.25, 0.3) is 0 Å². The van der Waals surface area contributed by atoms with Gasteiger partial charge >= 0.3 is 0 Å². The average molecular weight is 298 g/mol. The first-order valence-electron chi connectivity index (χ1n) is 5.67. The lowest BCUT2D eigenvalue weighted by Crippen LogP contribution is -2.40. The molecule has 1 N–H and O–H groups in total. The number of hydrogen-bond acceptors (Lipinski definition) is 4. The van der Waals surface area contributed by atoms with Gasteiger partial charge in [0.1, 0.15) is 6.04 Å². The van der Waals surface area contributed by atoms with Crippen LogP contribution in [0.3, 0.4) is 0 Å². The van der Waals surface area contributed by atoms with Gasteiger partial charge in [0.05, 0.1) is 23.5 Å². The van der Waals surface area contributed by atoms with Crippen molar-refractivity contribution in [3.05, 3.63) is 27.7 Å². The van der Waals surface area contributed by atoms with E-state index in [1.807, 2.05) is 0 Å². The number of fused-ring (bicyclic) bond motifs is 1. The van der Waals surface area contributed by atoms with E-state index < -0.39 is 6.04 Å². The van der Waals surface area contributed by atoms with Gasteiger partial charge in [0.15, 0.2) is 0 Å². The molecule has 2 amide bonds. The standard InChI is InChI=1S/C12H9Cl2N3O2/c13-7-1-2-8(14)11-6(7)4-17(5-15-11)9-3-10(18)16-12(9)19/h1-2,5,9H,3-4H2,(H,16,18,19). The normalized spacial score (nSPS) is 21.6. The molecule has 19 heavy (non-hydrogen) atoms. The molecule has 98 valence electrons. The molecule has 3 rings (SSSR count). The number of hydrogen-bond donors (Lipinski definition) is 1. The number of benzene rings is 1. The highest BCUT2D eigenvalue weighted by atomic mass is 35.5. The quantitative estimate of drug-likeness (QED) is 0.805. The van der Waals surface area contributed by atoms with Gasteiger partial charge in [-0.15, -0.1) is 0 Å². The van der Waals surface area contributed by atoms with Crippen LogP contribution in [0.4, 0.5) is 5.69 Å². The molecule has 2 aliphatic heterocycles. The van der Waals surface area contributed by atoms with Crippen molar-refractivity contribution >= 4 is 47.0 Å². The van der Waals surface area contributed by atoms with Crippen LogP contribution in [0, 0.1) is 0 Å². The van der Waals surface area contributed by atoms with E-state index in [1.54, 1.807) is 17.0 Å². The predicted molar refractivity (Wildman–Crippen MR) is 71.7 cm³/mol. The third kappa shape index (κ3) is 2.09. The highest BCUT2D eigenvalue weighted by molar-refractivity contribution is 6.36. The summed E-state index contributed by atoms with van der Waals surface area (Å²) in [5, 5.41) is 3.34. The Hall–Kier alpha value is -1.59. The van der Waals surface area contributed by atoms with E-state index >= 15 is 0 Å². The fraction of sp³-hybridized carbons (Fsp3) is 0.250. The molecular formula is C12H9Cl2N3O2. The smallest absolute Gasteiger partial charge is 0.249 e. The van der Waals surface area contributed by atoms with E-state index in [9.17, 15) is 9.59 Å². The van der Waals surface area contributed by atoms with Gasteiger partial charge in [-0.05, 0) is 12.1 Å². The molecule has 0 saturated carbocycles. The van der Waals surface area contributed by atoms with Crippen molar-refractivity contribution in [1.82, 2.24) is 10.2 Å². The largest absolute Gasteiger partial charge is 0.346 e. The number of carbonyl (C=O) groups excluding carboxylic acids is 2. The van der Waals surface area contributed by atoms with E-state index in [2.05, 4.69) is 10.3 Å². The number of nitrogens with one attached hydrogen (secondary N) is 1. The topological polar surface area (TPSA) is 61.8 Å². The lowest BCUT2D eigenvalue weighted by Gasteiger charge is -2.28. The third-order valence-corrected chi connectivity index (χ3v) is 3.86. The number of rotatable bonds is 1. The monoisotopic (exact) mass is 297 g/mol. The Balaban J connectivity index is 1.93. The summed E-state index contributed by atoms with van der Waals surface area (Å²) < 4.78 is 0. The first-order chi connectivity index (χ1) is 9.06. The molecule has 1 atom stereocenters. The van der Waals surface area contributed by atoms with Crippen LogP contribution in [0.1, 0.15) is 12.0 Å².